The normalized spacial score (nSPS) is 12.0. The smallest absolute Gasteiger partial charge is 0.332 e. The number of anilines is 2. The number of aryl methyl sites for hydroxylation is 1. The van der Waals surface area contributed by atoms with Gasteiger partial charge in [0, 0.05) is 29.2 Å². The molecule has 0 unspecified atom stereocenters. The highest BCUT2D eigenvalue weighted by molar-refractivity contribution is 6.30. The number of aromatic nitrogens is 2. The minimum atomic E-state index is -0.690. The molecule has 8 nitrogen and oxygen atoms in total. The number of nitrogens with zero attached hydrogens (tertiary/aromatic N) is 2. The van der Waals surface area contributed by atoms with Crippen LogP contribution in [0.2, 0.25) is 5.02 Å². The Bertz CT molecular complexity index is 1310. The molecule has 3 aromatic rings. The van der Waals surface area contributed by atoms with Crippen LogP contribution < -0.4 is 21.3 Å². The lowest BCUT2D eigenvalue weighted by Gasteiger charge is -2.19. The molecule has 2 aromatic carbocycles. The van der Waals surface area contributed by atoms with E-state index >= 15 is 0 Å². The number of halogens is 1. The van der Waals surface area contributed by atoms with Gasteiger partial charge in [0.25, 0.3) is 5.56 Å². The maximum atomic E-state index is 13.4. The van der Waals surface area contributed by atoms with Gasteiger partial charge in [-0.25, -0.2) is 4.79 Å². The van der Waals surface area contributed by atoms with Crippen LogP contribution in [0, 0.1) is 12.8 Å². The molecule has 0 amide bonds. The zero-order valence-electron chi connectivity index (χ0n) is 20.2. The van der Waals surface area contributed by atoms with Gasteiger partial charge >= 0.3 is 5.69 Å². The van der Waals surface area contributed by atoms with Crippen molar-refractivity contribution in [1.82, 2.24) is 9.13 Å². The van der Waals surface area contributed by atoms with Gasteiger partial charge in [-0.15, -0.1) is 0 Å². The number of hydrogen-bond acceptors (Lipinski definition) is 6. The summed E-state index contributed by atoms with van der Waals surface area (Å²) in [6.07, 6.45) is 0.0322. The minimum absolute atomic E-state index is 0.0322. The van der Waals surface area contributed by atoms with Crippen LogP contribution in [-0.2, 0) is 17.9 Å². The highest BCUT2D eigenvalue weighted by Crippen LogP contribution is 2.25. The molecule has 1 atom stereocenters. The van der Waals surface area contributed by atoms with Crippen molar-refractivity contribution in [2.75, 3.05) is 11.9 Å². The number of hydrogen-bond donors (Lipinski definition) is 2. The fourth-order valence-electron chi connectivity index (χ4n) is 3.61. The Labute approximate surface area is 208 Å². The SMILES string of the molecule is Cc1cc(Nc2cc(=O)n(C[C@H](C)C(=O)CO)c(=O)n2Cc2ccc(Cl)cc2)ccc1OC(C)C. The first-order chi connectivity index (χ1) is 16.6. The van der Waals surface area contributed by atoms with Crippen molar-refractivity contribution in [2.45, 2.75) is 46.9 Å². The molecule has 0 fully saturated rings. The quantitative estimate of drug-likeness (QED) is 0.440. The number of rotatable bonds is 10. The van der Waals surface area contributed by atoms with Gasteiger partial charge in [-0.3, -0.25) is 18.7 Å². The van der Waals surface area contributed by atoms with E-state index in [4.69, 9.17) is 21.4 Å². The van der Waals surface area contributed by atoms with E-state index in [9.17, 15) is 14.4 Å². The minimum Gasteiger partial charge on any atom is -0.491 e. The summed E-state index contributed by atoms with van der Waals surface area (Å²) in [5.74, 6) is -0.0717. The molecule has 35 heavy (non-hydrogen) atoms. The van der Waals surface area contributed by atoms with Gasteiger partial charge in [0.1, 0.15) is 18.2 Å². The summed E-state index contributed by atoms with van der Waals surface area (Å²) in [5, 5.41) is 12.9. The van der Waals surface area contributed by atoms with Crippen LogP contribution >= 0.6 is 11.6 Å². The molecule has 0 saturated carbocycles. The molecule has 0 bridgehead atoms. The van der Waals surface area contributed by atoms with Gasteiger partial charge in [0.2, 0.25) is 0 Å². The Morgan fingerprint density at radius 1 is 1.06 bits per heavy atom. The largest absolute Gasteiger partial charge is 0.491 e. The third-order valence-corrected chi connectivity index (χ3v) is 5.76. The monoisotopic (exact) mass is 499 g/mol. The molecule has 0 saturated heterocycles. The van der Waals surface area contributed by atoms with Crippen LogP contribution in [0.5, 0.6) is 5.75 Å². The molecule has 3 rings (SSSR count). The van der Waals surface area contributed by atoms with E-state index in [0.717, 1.165) is 21.4 Å². The summed E-state index contributed by atoms with van der Waals surface area (Å²) in [7, 11) is 0. The van der Waals surface area contributed by atoms with Crippen molar-refractivity contribution in [1.29, 1.82) is 0 Å². The predicted octanol–water partition coefficient (Wildman–Crippen LogP) is 3.75. The molecule has 2 N–H and O–H groups in total. The second-order valence-corrected chi connectivity index (χ2v) is 9.21. The number of benzene rings is 2. The van der Waals surface area contributed by atoms with Crippen LogP contribution in [0.25, 0.3) is 0 Å². The summed E-state index contributed by atoms with van der Waals surface area (Å²) < 4.78 is 8.25. The first-order valence-electron chi connectivity index (χ1n) is 11.4. The van der Waals surface area contributed by atoms with Crippen LogP contribution in [0.1, 0.15) is 31.9 Å². The molecule has 1 heterocycles. The fourth-order valence-corrected chi connectivity index (χ4v) is 3.73. The van der Waals surface area contributed by atoms with Crippen molar-refractivity contribution in [3.05, 3.63) is 85.5 Å². The Hall–Kier alpha value is -3.36. The van der Waals surface area contributed by atoms with Crippen LogP contribution in [-0.4, -0.2) is 32.7 Å². The average molecular weight is 500 g/mol. The number of aliphatic hydroxyl groups is 1. The number of carbonyl (C=O) groups excluding carboxylic acids is 1. The number of carbonyl (C=O) groups is 1. The maximum absolute atomic E-state index is 13.4. The first-order valence-corrected chi connectivity index (χ1v) is 11.7. The maximum Gasteiger partial charge on any atom is 0.332 e. The standard InChI is InChI=1S/C26H30ClN3O5/c1-16(2)35-23-10-9-21(11-17(23)3)28-24-12-25(33)30(13-18(4)22(32)15-31)26(34)29(24)14-19-5-7-20(27)8-6-19/h5-12,16,18,28,31H,13-15H2,1-4H3/t18-/m0/s1. The van der Waals surface area contributed by atoms with E-state index in [2.05, 4.69) is 5.32 Å². The van der Waals surface area contributed by atoms with Crippen molar-refractivity contribution in [2.24, 2.45) is 5.92 Å². The van der Waals surface area contributed by atoms with Crippen LogP contribution in [0.3, 0.4) is 0 Å². The van der Waals surface area contributed by atoms with Crippen molar-refractivity contribution in [3.8, 4) is 5.75 Å². The first kappa shape index (κ1) is 26.2. The van der Waals surface area contributed by atoms with E-state index in [1.807, 2.05) is 39.0 Å². The van der Waals surface area contributed by atoms with Gasteiger partial charge in [-0.1, -0.05) is 30.7 Å². The average Bonchev–Trinajstić information content (AvgIpc) is 2.81. The van der Waals surface area contributed by atoms with Gasteiger partial charge < -0.3 is 15.2 Å². The lowest BCUT2D eigenvalue weighted by atomic mass is 10.1. The Balaban J connectivity index is 2.04. The van der Waals surface area contributed by atoms with Crippen LogP contribution in [0.15, 0.2) is 58.1 Å². The Morgan fingerprint density at radius 2 is 1.74 bits per heavy atom. The van der Waals surface area contributed by atoms with Crippen LogP contribution in [0.4, 0.5) is 11.5 Å². The fraction of sp³-hybridized carbons (Fsp3) is 0.346. The van der Waals surface area contributed by atoms with Crippen molar-refractivity contribution >= 4 is 28.9 Å². The van der Waals surface area contributed by atoms with Crippen molar-refractivity contribution in [3.63, 3.8) is 0 Å². The number of Topliss-reactive ketones (excluding diaryl/α,β-unsaturated/α-hetero) is 1. The van der Waals surface area contributed by atoms with Gasteiger partial charge in [-0.2, -0.15) is 0 Å². The molecule has 0 radical (unpaired) electrons. The van der Waals surface area contributed by atoms with E-state index in [1.165, 1.54) is 10.6 Å². The van der Waals surface area contributed by atoms with E-state index in [0.29, 0.717) is 16.5 Å². The Kier molecular flexibility index (Phi) is 8.53. The highest BCUT2D eigenvalue weighted by Gasteiger charge is 2.18. The summed E-state index contributed by atoms with van der Waals surface area (Å²) in [6.45, 7) is 6.79. The summed E-state index contributed by atoms with van der Waals surface area (Å²) in [6, 6.07) is 13.9. The lowest BCUT2D eigenvalue weighted by molar-refractivity contribution is -0.125. The van der Waals surface area contributed by atoms with Gasteiger partial charge in [0.05, 0.1) is 12.6 Å². The second kappa shape index (κ2) is 11.4. The third kappa shape index (κ3) is 6.61. The van der Waals surface area contributed by atoms with E-state index < -0.39 is 29.6 Å². The number of ether oxygens (including phenoxy) is 1. The zero-order valence-corrected chi connectivity index (χ0v) is 21.0. The zero-order chi connectivity index (χ0) is 25.7. The molecular formula is C26H30ClN3O5. The van der Waals surface area contributed by atoms with Gasteiger partial charge in [-0.05, 0) is 62.2 Å². The number of aliphatic hydroxyl groups excluding tert-OH is 1. The number of nitrogens with one attached hydrogen (secondary N) is 1. The van der Waals surface area contributed by atoms with E-state index in [-0.39, 0.29) is 19.2 Å². The molecule has 9 heteroatoms. The summed E-state index contributed by atoms with van der Waals surface area (Å²) in [5.41, 5.74) is 1.29. The highest BCUT2D eigenvalue weighted by atomic mass is 35.5. The second-order valence-electron chi connectivity index (χ2n) is 8.77. The van der Waals surface area contributed by atoms with Gasteiger partial charge in [0.15, 0.2) is 5.78 Å². The summed E-state index contributed by atoms with van der Waals surface area (Å²) in [4.78, 5) is 38.2. The molecule has 0 spiro atoms. The molecule has 0 aliphatic heterocycles. The predicted molar refractivity (Wildman–Crippen MR) is 137 cm³/mol. The summed E-state index contributed by atoms with van der Waals surface area (Å²) >= 11 is 6.00. The van der Waals surface area contributed by atoms with Crippen molar-refractivity contribution < 1.29 is 14.6 Å². The molecule has 0 aliphatic carbocycles. The molecular weight excluding hydrogens is 470 g/mol. The van der Waals surface area contributed by atoms with E-state index in [1.54, 1.807) is 31.2 Å². The molecule has 186 valence electrons. The Morgan fingerprint density at radius 3 is 2.34 bits per heavy atom. The lowest BCUT2D eigenvalue weighted by Crippen LogP contribution is -2.42. The molecule has 1 aromatic heterocycles. The number of ketones is 1. The topological polar surface area (TPSA) is 103 Å². The third-order valence-electron chi connectivity index (χ3n) is 5.50. The molecule has 0 aliphatic rings.